The number of piperazine rings is 1. The van der Waals surface area contributed by atoms with Gasteiger partial charge in [-0.15, -0.1) is 0 Å². The van der Waals surface area contributed by atoms with Gasteiger partial charge in [-0.1, -0.05) is 0 Å². The highest BCUT2D eigenvalue weighted by Gasteiger charge is 2.32. The molecule has 3 heterocycles. The van der Waals surface area contributed by atoms with Crippen molar-refractivity contribution in [2.45, 2.75) is 38.1 Å². The predicted molar refractivity (Wildman–Crippen MR) is 130 cm³/mol. The summed E-state index contributed by atoms with van der Waals surface area (Å²) in [7, 11) is 3.42. The normalized spacial score (nSPS) is 25.6. The standard InChI is InChI=1S/C26H34N2O6/c1-17-11-28(24-8-6-20(10-26(24)30-4)32-14-22-16-34-22)18(2)12-27(17)23-7-5-19(9-25(23)29-3)31-13-21-15-33-21/h5-10,17-18,21-22H,11-16H2,1-4H3. The van der Waals surface area contributed by atoms with E-state index in [1.807, 2.05) is 24.3 Å². The Morgan fingerprint density at radius 2 is 1.15 bits per heavy atom. The summed E-state index contributed by atoms with van der Waals surface area (Å²) < 4.78 is 33.6. The highest BCUT2D eigenvalue weighted by molar-refractivity contribution is 5.66. The van der Waals surface area contributed by atoms with Gasteiger partial charge in [0.15, 0.2) is 0 Å². The molecule has 184 valence electrons. The number of anilines is 2. The van der Waals surface area contributed by atoms with Crippen molar-refractivity contribution in [1.82, 2.24) is 0 Å². The van der Waals surface area contributed by atoms with Crippen LogP contribution in [0.25, 0.3) is 0 Å². The lowest BCUT2D eigenvalue weighted by Crippen LogP contribution is -2.57. The molecule has 5 rings (SSSR count). The molecule has 3 aliphatic rings. The summed E-state index contributed by atoms with van der Waals surface area (Å²) >= 11 is 0. The Bertz CT molecular complexity index is 914. The van der Waals surface area contributed by atoms with Crippen LogP contribution in [-0.2, 0) is 9.47 Å². The highest BCUT2D eigenvalue weighted by atomic mass is 16.6. The molecule has 0 aliphatic carbocycles. The molecular formula is C26H34N2O6. The predicted octanol–water partition coefficient (Wildman–Crippen LogP) is 3.36. The first-order valence-electron chi connectivity index (χ1n) is 11.9. The lowest BCUT2D eigenvalue weighted by molar-refractivity contribution is 0.262. The molecule has 0 aromatic heterocycles. The van der Waals surface area contributed by atoms with Crippen LogP contribution in [0.3, 0.4) is 0 Å². The summed E-state index contributed by atoms with van der Waals surface area (Å²) in [5.74, 6) is 3.24. The Kier molecular flexibility index (Phi) is 6.61. The minimum absolute atomic E-state index is 0.226. The van der Waals surface area contributed by atoms with Gasteiger partial charge in [-0.2, -0.15) is 0 Å². The average Bonchev–Trinajstić information content (AvgIpc) is 3.77. The maximum Gasteiger partial charge on any atom is 0.145 e. The van der Waals surface area contributed by atoms with E-state index >= 15 is 0 Å². The summed E-state index contributed by atoms with van der Waals surface area (Å²) in [4.78, 5) is 4.82. The first-order valence-corrected chi connectivity index (χ1v) is 11.9. The van der Waals surface area contributed by atoms with Crippen LogP contribution in [0.1, 0.15) is 13.8 Å². The molecule has 34 heavy (non-hydrogen) atoms. The lowest BCUT2D eigenvalue weighted by atomic mass is 10.0. The molecule has 0 spiro atoms. The van der Waals surface area contributed by atoms with Crippen molar-refractivity contribution in [2.24, 2.45) is 0 Å². The molecule has 4 unspecified atom stereocenters. The summed E-state index contributed by atoms with van der Waals surface area (Å²) in [6.07, 6.45) is 0.453. The summed E-state index contributed by atoms with van der Waals surface area (Å²) in [6.45, 7) is 8.92. The monoisotopic (exact) mass is 470 g/mol. The van der Waals surface area contributed by atoms with Gasteiger partial charge < -0.3 is 38.2 Å². The van der Waals surface area contributed by atoms with Gasteiger partial charge in [0.2, 0.25) is 0 Å². The van der Waals surface area contributed by atoms with Crippen LogP contribution in [0.5, 0.6) is 23.0 Å². The smallest absolute Gasteiger partial charge is 0.145 e. The maximum absolute atomic E-state index is 5.84. The SMILES string of the molecule is COc1cc(OCC2CO2)ccc1N1CC(C)N(c2ccc(OCC3CO3)cc2OC)CC1C. The number of hydrogen-bond donors (Lipinski definition) is 0. The Balaban J connectivity index is 1.29. The first-order chi connectivity index (χ1) is 16.6. The van der Waals surface area contributed by atoms with Crippen molar-refractivity contribution < 1.29 is 28.4 Å². The maximum atomic E-state index is 5.84. The number of hydrogen-bond acceptors (Lipinski definition) is 8. The molecule has 2 aromatic carbocycles. The van der Waals surface area contributed by atoms with Gasteiger partial charge in [0.1, 0.15) is 48.4 Å². The Morgan fingerprint density at radius 1 is 0.735 bits per heavy atom. The number of rotatable bonds is 10. The van der Waals surface area contributed by atoms with Crippen LogP contribution in [0, 0.1) is 0 Å². The summed E-state index contributed by atoms with van der Waals surface area (Å²) in [5.41, 5.74) is 2.16. The molecule has 0 radical (unpaired) electrons. The van der Waals surface area contributed by atoms with Gasteiger partial charge in [0.25, 0.3) is 0 Å². The van der Waals surface area contributed by atoms with E-state index < -0.39 is 0 Å². The van der Waals surface area contributed by atoms with E-state index in [4.69, 9.17) is 28.4 Å². The number of nitrogens with zero attached hydrogens (tertiary/aromatic N) is 2. The Hall–Kier alpha value is -2.84. The van der Waals surface area contributed by atoms with Crippen LogP contribution in [0.2, 0.25) is 0 Å². The number of methoxy groups -OCH3 is 2. The molecule has 4 atom stereocenters. The van der Waals surface area contributed by atoms with Crippen molar-refractivity contribution in [3.8, 4) is 23.0 Å². The Labute approximate surface area is 201 Å². The third-order valence-electron chi connectivity index (χ3n) is 6.58. The zero-order chi connectivity index (χ0) is 23.7. The third kappa shape index (κ3) is 5.13. The van der Waals surface area contributed by atoms with Crippen molar-refractivity contribution in [2.75, 3.05) is 63.5 Å². The van der Waals surface area contributed by atoms with E-state index in [-0.39, 0.29) is 24.3 Å². The van der Waals surface area contributed by atoms with Crippen molar-refractivity contribution in [3.63, 3.8) is 0 Å². The van der Waals surface area contributed by atoms with Gasteiger partial charge in [-0.3, -0.25) is 0 Å². The van der Waals surface area contributed by atoms with Gasteiger partial charge in [-0.05, 0) is 38.1 Å². The first kappa shape index (κ1) is 22.9. The molecule has 0 saturated carbocycles. The molecule has 2 aromatic rings. The van der Waals surface area contributed by atoms with Crippen LogP contribution in [-0.4, -0.2) is 78.0 Å². The van der Waals surface area contributed by atoms with Gasteiger partial charge in [0, 0.05) is 37.3 Å². The molecule has 0 N–H and O–H groups in total. The van der Waals surface area contributed by atoms with Crippen LogP contribution in [0.15, 0.2) is 36.4 Å². The van der Waals surface area contributed by atoms with Crippen LogP contribution < -0.4 is 28.7 Å². The fraction of sp³-hybridized carbons (Fsp3) is 0.538. The van der Waals surface area contributed by atoms with E-state index in [0.29, 0.717) is 13.2 Å². The van der Waals surface area contributed by atoms with E-state index in [1.54, 1.807) is 14.2 Å². The van der Waals surface area contributed by atoms with Crippen LogP contribution >= 0.6 is 0 Å². The minimum Gasteiger partial charge on any atom is -0.494 e. The van der Waals surface area contributed by atoms with Crippen LogP contribution in [0.4, 0.5) is 11.4 Å². The van der Waals surface area contributed by atoms with Crippen molar-refractivity contribution in [3.05, 3.63) is 36.4 Å². The fourth-order valence-electron chi connectivity index (χ4n) is 4.47. The summed E-state index contributed by atoms with van der Waals surface area (Å²) in [5, 5.41) is 0. The van der Waals surface area contributed by atoms with Gasteiger partial charge in [0.05, 0.1) is 38.8 Å². The number of ether oxygens (including phenoxy) is 6. The van der Waals surface area contributed by atoms with E-state index in [0.717, 1.165) is 60.7 Å². The van der Waals surface area contributed by atoms with Gasteiger partial charge in [-0.25, -0.2) is 0 Å². The van der Waals surface area contributed by atoms with Crippen molar-refractivity contribution in [1.29, 1.82) is 0 Å². The lowest BCUT2D eigenvalue weighted by Gasteiger charge is -2.47. The molecule has 3 fully saturated rings. The topological polar surface area (TPSA) is 68.5 Å². The number of benzene rings is 2. The summed E-state index contributed by atoms with van der Waals surface area (Å²) in [6, 6.07) is 12.7. The minimum atomic E-state index is 0.226. The Morgan fingerprint density at radius 3 is 1.50 bits per heavy atom. The van der Waals surface area contributed by atoms with Gasteiger partial charge >= 0.3 is 0 Å². The van der Waals surface area contributed by atoms with Crippen molar-refractivity contribution >= 4 is 11.4 Å². The second-order valence-electron chi connectivity index (χ2n) is 9.20. The molecular weight excluding hydrogens is 436 g/mol. The second kappa shape index (κ2) is 9.80. The second-order valence-corrected chi connectivity index (χ2v) is 9.20. The number of epoxide rings is 2. The van der Waals surface area contributed by atoms with E-state index in [2.05, 4.69) is 35.8 Å². The van der Waals surface area contributed by atoms with E-state index in [9.17, 15) is 0 Å². The third-order valence-corrected chi connectivity index (χ3v) is 6.58. The average molecular weight is 471 g/mol. The molecule has 0 amide bonds. The zero-order valence-electron chi connectivity index (χ0n) is 20.4. The molecule has 8 nitrogen and oxygen atoms in total. The quantitative estimate of drug-likeness (QED) is 0.490. The fourth-order valence-corrected chi connectivity index (χ4v) is 4.47. The zero-order valence-corrected chi connectivity index (χ0v) is 20.4. The molecule has 8 heteroatoms. The van der Waals surface area contributed by atoms with E-state index in [1.165, 1.54) is 0 Å². The largest absolute Gasteiger partial charge is 0.494 e. The molecule has 3 saturated heterocycles. The molecule has 3 aliphatic heterocycles. The highest BCUT2D eigenvalue weighted by Crippen LogP contribution is 2.39. The molecule has 0 bridgehead atoms.